The van der Waals surface area contributed by atoms with E-state index in [1.807, 2.05) is 0 Å². The number of benzene rings is 3. The zero-order valence-electron chi connectivity index (χ0n) is 17.8. The molecule has 10 heteroatoms. The minimum absolute atomic E-state index is 0.0859. The van der Waals surface area contributed by atoms with Crippen molar-refractivity contribution < 1.29 is 18.0 Å². The molecule has 0 atom stereocenters. The molecule has 0 heterocycles. The topological polar surface area (TPSA) is 84.7 Å². The van der Waals surface area contributed by atoms with Gasteiger partial charge in [-0.3, -0.25) is 4.79 Å². The Bertz CT molecular complexity index is 1270. The summed E-state index contributed by atoms with van der Waals surface area (Å²) in [5.41, 5.74) is 5.71. The smallest absolute Gasteiger partial charge is 0.395 e. The molecule has 0 aromatic heterocycles. The molecule has 0 spiro atoms. The number of hydrogen-bond donors (Lipinski definition) is 2. The molecule has 0 aliphatic rings. The number of allylic oxidation sites excluding steroid dienone is 2. The molecule has 0 unspecified atom stereocenters. The molecule has 0 saturated carbocycles. The molecular weight excluding hydrogens is 488 g/mol. The highest BCUT2D eigenvalue weighted by atomic mass is 35.5. The molecule has 0 aliphatic carbocycles. The maximum absolute atomic E-state index is 13.1. The Labute approximate surface area is 204 Å². The largest absolute Gasteiger partial charge is 0.430 e. The number of hydrazine groups is 1. The van der Waals surface area contributed by atoms with Crippen LogP contribution in [-0.2, 0) is 0 Å². The van der Waals surface area contributed by atoms with Gasteiger partial charge in [0.1, 0.15) is 5.70 Å². The number of hydrogen-bond acceptors (Lipinski definition) is 4. The summed E-state index contributed by atoms with van der Waals surface area (Å²) in [5, 5.41) is 1.62. The fourth-order valence-electron chi connectivity index (χ4n) is 2.96. The third-order valence-electron chi connectivity index (χ3n) is 4.79. The second-order valence-corrected chi connectivity index (χ2v) is 8.07. The molecule has 1 amide bonds. The number of rotatable bonds is 5. The van der Waals surface area contributed by atoms with Gasteiger partial charge in [-0.05, 0) is 55.0 Å². The summed E-state index contributed by atoms with van der Waals surface area (Å²) < 4.78 is 39.2. The van der Waals surface area contributed by atoms with Crippen molar-refractivity contribution in [3.63, 3.8) is 0 Å². The van der Waals surface area contributed by atoms with Crippen molar-refractivity contribution in [1.29, 1.82) is 0 Å². The van der Waals surface area contributed by atoms with Crippen LogP contribution in [0.5, 0.6) is 0 Å². The van der Waals surface area contributed by atoms with Gasteiger partial charge in [-0.25, -0.2) is 15.8 Å². The van der Waals surface area contributed by atoms with E-state index in [1.54, 1.807) is 49.4 Å². The van der Waals surface area contributed by atoms with Crippen LogP contribution in [0.2, 0.25) is 10.0 Å². The van der Waals surface area contributed by atoms with E-state index in [9.17, 15) is 18.0 Å². The molecule has 0 saturated heterocycles. The number of alkyl halides is 3. The normalized spacial score (nSPS) is 12.6. The Morgan fingerprint density at radius 3 is 2.24 bits per heavy atom. The van der Waals surface area contributed by atoms with Crippen LogP contribution in [0.25, 0.3) is 0 Å². The maximum atomic E-state index is 13.1. The number of carbonyl (C=O) groups is 1. The molecule has 5 nitrogen and oxygen atoms in total. The van der Waals surface area contributed by atoms with Crippen LogP contribution in [0.1, 0.15) is 21.5 Å². The minimum Gasteiger partial charge on any atom is -0.395 e. The lowest BCUT2D eigenvalue weighted by molar-refractivity contribution is -0.0925. The lowest BCUT2D eigenvalue weighted by Crippen LogP contribution is -2.38. The van der Waals surface area contributed by atoms with Crippen LogP contribution in [0, 0.1) is 6.92 Å². The van der Waals surface area contributed by atoms with Gasteiger partial charge in [-0.1, -0.05) is 53.5 Å². The van der Waals surface area contributed by atoms with Crippen molar-refractivity contribution in [1.82, 2.24) is 0 Å². The van der Waals surface area contributed by atoms with Gasteiger partial charge in [-0.15, -0.1) is 0 Å². The van der Waals surface area contributed by atoms with Gasteiger partial charge >= 0.3 is 6.18 Å². The second-order valence-electron chi connectivity index (χ2n) is 7.23. The Hall–Kier alpha value is -3.33. The van der Waals surface area contributed by atoms with E-state index in [4.69, 9.17) is 34.8 Å². The molecule has 0 radical (unpaired) electrons. The summed E-state index contributed by atoms with van der Waals surface area (Å²) in [6, 6.07) is 17.1. The Morgan fingerprint density at radius 2 is 1.62 bits per heavy atom. The quantitative estimate of drug-likeness (QED) is 0.183. The molecule has 3 aromatic rings. The van der Waals surface area contributed by atoms with Crippen LogP contribution >= 0.6 is 23.2 Å². The Kier molecular flexibility index (Phi) is 7.66. The van der Waals surface area contributed by atoms with Crippen molar-refractivity contribution in [2.75, 3.05) is 5.01 Å². The SMILES string of the molecule is Cc1ccc(Cl)cc1N(N)C(=O)c1ccc(C(C=C(N)C(F)(F)F)=Nc2ccccc2Cl)cc1. The second kappa shape index (κ2) is 10.3. The predicted octanol–water partition coefficient (Wildman–Crippen LogP) is 6.35. The number of aryl methyl sites for hydroxylation is 1. The lowest BCUT2D eigenvalue weighted by Gasteiger charge is -2.19. The van der Waals surface area contributed by atoms with Gasteiger partial charge < -0.3 is 5.73 Å². The van der Waals surface area contributed by atoms with Crippen LogP contribution in [-0.4, -0.2) is 17.8 Å². The number of para-hydroxylation sites is 1. The third kappa shape index (κ3) is 5.96. The van der Waals surface area contributed by atoms with Gasteiger partial charge in [-0.2, -0.15) is 13.2 Å². The van der Waals surface area contributed by atoms with Crippen LogP contribution < -0.4 is 16.6 Å². The summed E-state index contributed by atoms with van der Waals surface area (Å²) in [5.74, 6) is 5.47. The van der Waals surface area contributed by atoms with Crippen LogP contribution in [0.4, 0.5) is 24.5 Å². The highest BCUT2D eigenvalue weighted by molar-refractivity contribution is 6.33. The molecule has 0 fully saturated rings. The van der Waals surface area contributed by atoms with Crippen molar-refractivity contribution in [3.05, 3.63) is 105 Å². The molecular formula is C24H19Cl2F3N4O. The van der Waals surface area contributed by atoms with Gasteiger partial charge in [0.15, 0.2) is 0 Å². The van der Waals surface area contributed by atoms with Gasteiger partial charge in [0.05, 0.1) is 22.1 Å². The monoisotopic (exact) mass is 506 g/mol. The fourth-order valence-corrected chi connectivity index (χ4v) is 3.30. The van der Waals surface area contributed by atoms with Crippen molar-refractivity contribution in [2.24, 2.45) is 16.6 Å². The zero-order valence-corrected chi connectivity index (χ0v) is 19.3. The molecule has 3 rings (SSSR count). The van der Waals surface area contributed by atoms with Crippen LogP contribution in [0.15, 0.2) is 83.5 Å². The van der Waals surface area contributed by atoms with Gasteiger partial charge in [0, 0.05) is 16.1 Å². The van der Waals surface area contributed by atoms with E-state index in [0.717, 1.165) is 10.6 Å². The van der Waals surface area contributed by atoms with E-state index in [1.165, 1.54) is 24.3 Å². The molecule has 4 N–H and O–H groups in total. The first-order valence-electron chi connectivity index (χ1n) is 9.80. The first kappa shape index (κ1) is 25.3. The summed E-state index contributed by atoms with van der Waals surface area (Å²) in [7, 11) is 0. The van der Waals surface area contributed by atoms with Crippen molar-refractivity contribution in [3.8, 4) is 0 Å². The number of halogens is 5. The van der Waals surface area contributed by atoms with Crippen molar-refractivity contribution >= 4 is 46.2 Å². The summed E-state index contributed by atoms with van der Waals surface area (Å²) in [6.45, 7) is 1.77. The molecule has 0 bridgehead atoms. The average Bonchev–Trinajstić information content (AvgIpc) is 2.80. The summed E-state index contributed by atoms with van der Waals surface area (Å²) >= 11 is 12.1. The number of anilines is 1. The number of nitrogens with two attached hydrogens (primary N) is 2. The number of nitrogens with zero attached hydrogens (tertiary/aromatic N) is 2. The summed E-state index contributed by atoms with van der Waals surface area (Å²) in [6.07, 6.45) is -4.03. The summed E-state index contributed by atoms with van der Waals surface area (Å²) in [4.78, 5) is 17.1. The number of amides is 1. The Balaban J connectivity index is 1.99. The minimum atomic E-state index is -4.74. The molecule has 176 valence electrons. The van der Waals surface area contributed by atoms with E-state index in [2.05, 4.69) is 4.99 Å². The highest BCUT2D eigenvalue weighted by Crippen LogP contribution is 2.28. The molecule has 3 aromatic carbocycles. The molecule has 0 aliphatic heterocycles. The van der Waals surface area contributed by atoms with Crippen molar-refractivity contribution in [2.45, 2.75) is 13.1 Å². The van der Waals surface area contributed by atoms with E-state index in [0.29, 0.717) is 16.8 Å². The van der Waals surface area contributed by atoms with Gasteiger partial charge in [0.25, 0.3) is 5.91 Å². The van der Waals surface area contributed by atoms with Gasteiger partial charge in [0.2, 0.25) is 0 Å². The predicted molar refractivity (Wildman–Crippen MR) is 130 cm³/mol. The highest BCUT2D eigenvalue weighted by Gasteiger charge is 2.31. The van der Waals surface area contributed by atoms with Crippen LogP contribution in [0.3, 0.4) is 0 Å². The lowest BCUT2D eigenvalue weighted by atomic mass is 10.1. The number of aliphatic imine (C=N–C) groups is 1. The molecule has 34 heavy (non-hydrogen) atoms. The first-order chi connectivity index (χ1) is 16.0. The number of carbonyl (C=O) groups excluding carboxylic acids is 1. The first-order valence-corrected chi connectivity index (χ1v) is 10.6. The third-order valence-corrected chi connectivity index (χ3v) is 5.34. The van der Waals surface area contributed by atoms with E-state index in [-0.39, 0.29) is 27.5 Å². The average molecular weight is 507 g/mol. The van der Waals surface area contributed by atoms with E-state index < -0.39 is 17.8 Å². The zero-order chi connectivity index (χ0) is 25.0. The Morgan fingerprint density at radius 1 is 1.00 bits per heavy atom. The fraction of sp³-hybridized carbons (Fsp3) is 0.0833. The maximum Gasteiger partial charge on any atom is 0.430 e. The van der Waals surface area contributed by atoms with E-state index >= 15 is 0 Å². The standard InChI is InChI=1S/C24H19Cl2F3N4O/c1-14-6-11-17(25)12-21(14)33(31)23(34)16-9-7-15(8-10-16)20(13-22(30)24(27,28)29)32-19-5-3-2-4-18(19)26/h2-13H,30-31H2,1H3.